The number of benzene rings is 1. The highest BCUT2D eigenvalue weighted by molar-refractivity contribution is 6.10. The van der Waals surface area contributed by atoms with Crippen molar-refractivity contribution in [1.29, 1.82) is 0 Å². The van der Waals surface area contributed by atoms with E-state index in [0.29, 0.717) is 52.7 Å². The second-order valence-corrected chi connectivity index (χ2v) is 7.09. The monoisotopic (exact) mass is 399 g/mol. The maximum Gasteiger partial charge on any atom is 0.252 e. The lowest BCUT2D eigenvalue weighted by atomic mass is 9.76. The summed E-state index contributed by atoms with van der Waals surface area (Å²) in [6.07, 6.45) is 1.91. The fourth-order valence-corrected chi connectivity index (χ4v) is 3.88. The molecule has 29 heavy (non-hydrogen) atoms. The molecule has 9 heteroatoms. The van der Waals surface area contributed by atoms with Gasteiger partial charge in [-0.2, -0.15) is 0 Å². The Labute approximate surface area is 165 Å². The molecule has 2 aromatic heterocycles. The first kappa shape index (κ1) is 19.0. The topological polar surface area (TPSA) is 144 Å². The summed E-state index contributed by atoms with van der Waals surface area (Å²) in [5, 5.41) is 0.422. The van der Waals surface area contributed by atoms with Crippen molar-refractivity contribution in [2.24, 2.45) is 11.5 Å². The Hall–Kier alpha value is -3.33. The van der Waals surface area contributed by atoms with Crippen LogP contribution >= 0.6 is 0 Å². The van der Waals surface area contributed by atoms with Crippen LogP contribution in [0.4, 0.5) is 0 Å². The van der Waals surface area contributed by atoms with Crippen LogP contribution in [0.25, 0.3) is 11.0 Å². The zero-order valence-corrected chi connectivity index (χ0v) is 16.1. The highest BCUT2D eigenvalue weighted by atomic mass is 16.5. The summed E-state index contributed by atoms with van der Waals surface area (Å²) in [7, 11) is 0. The first-order chi connectivity index (χ1) is 13.8. The molecule has 1 aromatic carbocycles. The Morgan fingerprint density at radius 1 is 1.24 bits per heavy atom. The molecule has 1 fully saturated rings. The molecule has 1 atom stereocenters. The van der Waals surface area contributed by atoms with Gasteiger partial charge in [0.2, 0.25) is 5.91 Å². The number of nitrogens with two attached hydrogens (primary N) is 2. The summed E-state index contributed by atoms with van der Waals surface area (Å²) in [5.74, 6) is 0.525. The number of nitrogens with zero attached hydrogens (tertiary/aromatic N) is 1. The van der Waals surface area contributed by atoms with Crippen LogP contribution in [0.15, 0.2) is 27.2 Å². The zero-order valence-electron chi connectivity index (χ0n) is 16.1. The number of primary amides is 2. The van der Waals surface area contributed by atoms with Crippen molar-refractivity contribution in [3.8, 4) is 5.75 Å². The van der Waals surface area contributed by atoms with Crippen LogP contribution in [0.3, 0.4) is 0 Å². The minimum Gasteiger partial charge on any atom is -0.485 e. The number of hydrogen-bond donors (Lipinski definition) is 2. The smallest absolute Gasteiger partial charge is 0.252 e. The van der Waals surface area contributed by atoms with Gasteiger partial charge in [0.15, 0.2) is 11.7 Å². The van der Waals surface area contributed by atoms with E-state index in [9.17, 15) is 9.59 Å². The second-order valence-electron chi connectivity index (χ2n) is 7.09. The van der Waals surface area contributed by atoms with Gasteiger partial charge in [-0.05, 0) is 25.5 Å². The molecule has 2 amide bonds. The lowest BCUT2D eigenvalue weighted by Gasteiger charge is -2.27. The predicted molar refractivity (Wildman–Crippen MR) is 101 cm³/mol. The number of oxazole rings is 1. The molecule has 3 heterocycles. The molecule has 1 unspecified atom stereocenters. The van der Waals surface area contributed by atoms with Gasteiger partial charge in [0.1, 0.15) is 29.1 Å². The van der Waals surface area contributed by atoms with Crippen LogP contribution in [0, 0.1) is 13.8 Å². The van der Waals surface area contributed by atoms with Gasteiger partial charge in [-0.1, -0.05) is 0 Å². The predicted octanol–water partition coefficient (Wildman–Crippen LogP) is 1.86. The summed E-state index contributed by atoms with van der Waals surface area (Å²) in [6.45, 7) is 3.87. The number of amides is 2. The standard InChI is InChI=1S/C20H21N3O6/c1-10-15(18(21)24)16-13(28-10)3-4-14(27-8-12-7-23-11(2)29-12)17(16)20(19(22)25)5-6-26-9-20/h3-4,7H,5-6,8-9H2,1-2H3,(H2,21,24)(H2,22,25). The van der Waals surface area contributed by atoms with Gasteiger partial charge in [0.25, 0.3) is 5.91 Å². The van der Waals surface area contributed by atoms with Crippen molar-refractivity contribution in [1.82, 2.24) is 4.98 Å². The van der Waals surface area contributed by atoms with Crippen LogP contribution in [0.2, 0.25) is 0 Å². The number of fused-ring (bicyclic) bond motifs is 1. The van der Waals surface area contributed by atoms with Crippen LogP contribution in [0.1, 0.15) is 39.8 Å². The Morgan fingerprint density at radius 2 is 2.03 bits per heavy atom. The third kappa shape index (κ3) is 3.03. The zero-order chi connectivity index (χ0) is 20.8. The number of aromatic nitrogens is 1. The molecule has 1 aliphatic rings. The molecule has 0 aliphatic carbocycles. The van der Waals surface area contributed by atoms with E-state index in [0.717, 1.165) is 0 Å². The van der Waals surface area contributed by atoms with E-state index in [2.05, 4.69) is 4.98 Å². The molecule has 0 radical (unpaired) electrons. The van der Waals surface area contributed by atoms with E-state index in [1.807, 2.05) is 0 Å². The first-order valence-electron chi connectivity index (χ1n) is 9.11. The Morgan fingerprint density at radius 3 is 2.62 bits per heavy atom. The first-order valence-corrected chi connectivity index (χ1v) is 9.11. The quantitative estimate of drug-likeness (QED) is 0.643. The molecule has 0 spiro atoms. The van der Waals surface area contributed by atoms with Gasteiger partial charge in [-0.3, -0.25) is 9.59 Å². The average molecular weight is 399 g/mol. The van der Waals surface area contributed by atoms with Crippen LogP contribution in [-0.2, 0) is 21.6 Å². The number of furan rings is 1. The van der Waals surface area contributed by atoms with Gasteiger partial charge >= 0.3 is 0 Å². The van der Waals surface area contributed by atoms with E-state index in [4.69, 9.17) is 29.8 Å². The number of rotatable bonds is 6. The molecule has 1 saturated heterocycles. The maximum atomic E-state index is 12.6. The molecule has 152 valence electrons. The van der Waals surface area contributed by atoms with Crippen molar-refractivity contribution in [3.63, 3.8) is 0 Å². The third-order valence-electron chi connectivity index (χ3n) is 5.25. The molecule has 3 aromatic rings. The number of carbonyl (C=O) groups excluding carboxylic acids is 2. The molecular weight excluding hydrogens is 378 g/mol. The van der Waals surface area contributed by atoms with Crippen molar-refractivity contribution in [2.45, 2.75) is 32.3 Å². The summed E-state index contributed by atoms with van der Waals surface area (Å²) in [6, 6.07) is 3.35. The van der Waals surface area contributed by atoms with E-state index in [-0.39, 0.29) is 18.8 Å². The molecule has 1 aliphatic heterocycles. The largest absolute Gasteiger partial charge is 0.485 e. The molecule has 9 nitrogen and oxygen atoms in total. The van der Waals surface area contributed by atoms with Crippen LogP contribution in [0.5, 0.6) is 5.75 Å². The Bertz CT molecular complexity index is 1110. The van der Waals surface area contributed by atoms with Gasteiger partial charge in [-0.25, -0.2) is 4.98 Å². The van der Waals surface area contributed by atoms with Gasteiger partial charge in [-0.15, -0.1) is 0 Å². The van der Waals surface area contributed by atoms with Crippen molar-refractivity contribution in [2.75, 3.05) is 13.2 Å². The lowest BCUT2D eigenvalue weighted by molar-refractivity contribution is -0.123. The number of hydrogen-bond acceptors (Lipinski definition) is 7. The normalized spacial score (nSPS) is 19.0. The highest BCUT2D eigenvalue weighted by Gasteiger charge is 2.47. The lowest BCUT2D eigenvalue weighted by Crippen LogP contribution is -2.42. The summed E-state index contributed by atoms with van der Waals surface area (Å²) < 4.78 is 22.7. The average Bonchev–Trinajstić information content (AvgIpc) is 3.37. The summed E-state index contributed by atoms with van der Waals surface area (Å²) >= 11 is 0. The highest BCUT2D eigenvalue weighted by Crippen LogP contribution is 2.45. The number of aryl methyl sites for hydroxylation is 2. The minimum atomic E-state index is -1.17. The van der Waals surface area contributed by atoms with E-state index < -0.39 is 17.2 Å². The van der Waals surface area contributed by atoms with Gasteiger partial charge in [0.05, 0.1) is 18.4 Å². The number of ether oxygens (including phenoxy) is 2. The van der Waals surface area contributed by atoms with E-state index >= 15 is 0 Å². The fraction of sp³-hybridized carbons (Fsp3) is 0.350. The Kier molecular flexibility index (Phi) is 4.54. The SMILES string of the molecule is Cc1ncc(COc2ccc3oc(C)c(C(N)=O)c3c2C2(C(N)=O)CCOC2)o1. The second kappa shape index (κ2) is 6.93. The van der Waals surface area contributed by atoms with E-state index in [1.165, 1.54) is 0 Å². The molecule has 0 bridgehead atoms. The van der Waals surface area contributed by atoms with Crippen molar-refractivity contribution < 1.29 is 27.9 Å². The molecule has 0 saturated carbocycles. The summed E-state index contributed by atoms with van der Waals surface area (Å²) in [5.41, 5.74) is 11.3. The minimum absolute atomic E-state index is 0.0711. The third-order valence-corrected chi connectivity index (χ3v) is 5.25. The number of carbonyl (C=O) groups is 2. The Balaban J connectivity index is 1.94. The van der Waals surface area contributed by atoms with E-state index in [1.54, 1.807) is 32.2 Å². The van der Waals surface area contributed by atoms with Crippen molar-refractivity contribution >= 4 is 22.8 Å². The van der Waals surface area contributed by atoms with Crippen LogP contribution in [-0.4, -0.2) is 30.0 Å². The van der Waals surface area contributed by atoms with Crippen molar-refractivity contribution in [3.05, 3.63) is 46.9 Å². The van der Waals surface area contributed by atoms with Gasteiger partial charge in [0, 0.05) is 24.5 Å². The molecule has 4 rings (SSSR count). The molecular formula is C20H21N3O6. The maximum absolute atomic E-state index is 12.6. The fourth-order valence-electron chi connectivity index (χ4n) is 3.88. The summed E-state index contributed by atoms with van der Waals surface area (Å²) in [4.78, 5) is 28.8. The van der Waals surface area contributed by atoms with Gasteiger partial charge < -0.3 is 29.8 Å². The van der Waals surface area contributed by atoms with Crippen LogP contribution < -0.4 is 16.2 Å². The molecule has 4 N–H and O–H groups in total.